The first kappa shape index (κ1) is 11.9. The molecule has 0 aliphatic heterocycles. The van der Waals surface area contributed by atoms with E-state index in [9.17, 15) is 13.2 Å². The van der Waals surface area contributed by atoms with E-state index in [0.717, 1.165) is 17.1 Å². The minimum absolute atomic E-state index is 0.517. The molecule has 0 aliphatic rings. The van der Waals surface area contributed by atoms with Crippen molar-refractivity contribution in [1.29, 1.82) is 0 Å². The van der Waals surface area contributed by atoms with Crippen LogP contribution in [0.4, 0.5) is 18.9 Å². The van der Waals surface area contributed by atoms with E-state index in [1.807, 2.05) is 5.38 Å². The first-order valence-corrected chi connectivity index (χ1v) is 5.73. The largest absolute Gasteiger partial charge is 0.416 e. The average molecular weight is 258 g/mol. The van der Waals surface area contributed by atoms with Gasteiger partial charge < -0.3 is 5.32 Å². The van der Waals surface area contributed by atoms with Crippen LogP contribution in [0.3, 0.4) is 0 Å². The molecule has 0 bridgehead atoms. The van der Waals surface area contributed by atoms with E-state index in [0.29, 0.717) is 12.2 Å². The highest BCUT2D eigenvalue weighted by atomic mass is 32.1. The van der Waals surface area contributed by atoms with E-state index in [-0.39, 0.29) is 0 Å². The highest BCUT2D eigenvalue weighted by molar-refractivity contribution is 7.09. The number of nitrogens with zero attached hydrogens (tertiary/aromatic N) is 1. The third-order valence-electron chi connectivity index (χ3n) is 2.14. The standard InChI is InChI=1S/C11H9F3N2S/c12-11(13,14)8-1-3-9(4-2-8)16-7-10-15-5-6-17-10/h1-6,16H,7H2. The number of thiazole rings is 1. The zero-order valence-corrected chi connectivity index (χ0v) is 9.48. The van der Waals surface area contributed by atoms with Crippen molar-refractivity contribution in [1.82, 2.24) is 4.98 Å². The van der Waals surface area contributed by atoms with Gasteiger partial charge >= 0.3 is 6.18 Å². The first-order valence-electron chi connectivity index (χ1n) is 4.85. The maximum atomic E-state index is 12.3. The lowest BCUT2D eigenvalue weighted by molar-refractivity contribution is -0.137. The van der Waals surface area contributed by atoms with Crippen LogP contribution >= 0.6 is 11.3 Å². The topological polar surface area (TPSA) is 24.9 Å². The molecule has 0 atom stereocenters. The van der Waals surface area contributed by atoms with Crippen molar-refractivity contribution in [3.05, 3.63) is 46.4 Å². The molecule has 0 spiro atoms. The molecular weight excluding hydrogens is 249 g/mol. The molecule has 0 amide bonds. The van der Waals surface area contributed by atoms with Crippen LogP contribution in [0.25, 0.3) is 0 Å². The SMILES string of the molecule is FC(F)(F)c1ccc(NCc2nccs2)cc1. The van der Waals surface area contributed by atoms with Gasteiger partial charge in [0.1, 0.15) is 5.01 Å². The van der Waals surface area contributed by atoms with Crippen LogP contribution in [0.1, 0.15) is 10.6 Å². The van der Waals surface area contributed by atoms with Gasteiger partial charge in [-0.2, -0.15) is 13.2 Å². The minimum Gasteiger partial charge on any atom is -0.379 e. The van der Waals surface area contributed by atoms with Crippen LogP contribution in [0, 0.1) is 0 Å². The summed E-state index contributed by atoms with van der Waals surface area (Å²) in [6.07, 6.45) is -2.59. The molecule has 90 valence electrons. The molecule has 0 unspecified atom stereocenters. The van der Waals surface area contributed by atoms with Crippen molar-refractivity contribution >= 4 is 17.0 Å². The van der Waals surface area contributed by atoms with Gasteiger partial charge in [0.15, 0.2) is 0 Å². The lowest BCUT2D eigenvalue weighted by atomic mass is 10.2. The molecule has 1 aromatic carbocycles. The fourth-order valence-electron chi connectivity index (χ4n) is 1.30. The van der Waals surface area contributed by atoms with Crippen LogP contribution in [0.15, 0.2) is 35.8 Å². The summed E-state index contributed by atoms with van der Waals surface area (Å²) in [5.41, 5.74) is 0.00509. The molecule has 2 rings (SSSR count). The quantitative estimate of drug-likeness (QED) is 0.906. The summed E-state index contributed by atoms with van der Waals surface area (Å²) in [6.45, 7) is 0.517. The molecule has 0 saturated heterocycles. The molecule has 1 heterocycles. The molecule has 2 aromatic rings. The first-order chi connectivity index (χ1) is 8.05. The number of alkyl halides is 3. The lowest BCUT2D eigenvalue weighted by Gasteiger charge is -2.08. The predicted octanol–water partition coefficient (Wildman–Crippen LogP) is 3.77. The van der Waals surface area contributed by atoms with Gasteiger partial charge in [-0.1, -0.05) is 0 Å². The summed E-state index contributed by atoms with van der Waals surface area (Å²) in [4.78, 5) is 4.06. The number of rotatable bonds is 3. The number of aromatic nitrogens is 1. The zero-order valence-electron chi connectivity index (χ0n) is 8.66. The molecule has 0 aliphatic carbocycles. The van der Waals surface area contributed by atoms with Crippen molar-refractivity contribution in [2.45, 2.75) is 12.7 Å². The highest BCUT2D eigenvalue weighted by Gasteiger charge is 2.29. The molecule has 17 heavy (non-hydrogen) atoms. The molecule has 6 heteroatoms. The van der Waals surface area contributed by atoms with E-state index in [2.05, 4.69) is 10.3 Å². The van der Waals surface area contributed by atoms with Gasteiger partial charge in [0.05, 0.1) is 12.1 Å². The average Bonchev–Trinajstić information content (AvgIpc) is 2.78. The molecular formula is C11H9F3N2S. The fourth-order valence-corrected chi connectivity index (χ4v) is 1.85. The lowest BCUT2D eigenvalue weighted by Crippen LogP contribution is -2.05. The number of nitrogens with one attached hydrogen (secondary N) is 1. The zero-order chi connectivity index (χ0) is 12.3. The molecule has 1 aromatic heterocycles. The minimum atomic E-state index is -4.28. The van der Waals surface area contributed by atoms with E-state index in [1.165, 1.54) is 23.5 Å². The van der Waals surface area contributed by atoms with E-state index < -0.39 is 11.7 Å². The summed E-state index contributed by atoms with van der Waals surface area (Å²) < 4.78 is 36.9. The van der Waals surface area contributed by atoms with Gasteiger partial charge in [0.2, 0.25) is 0 Å². The third-order valence-corrected chi connectivity index (χ3v) is 2.92. The Bertz CT molecular complexity index is 462. The maximum absolute atomic E-state index is 12.3. The van der Waals surface area contributed by atoms with E-state index in [4.69, 9.17) is 0 Å². The van der Waals surface area contributed by atoms with E-state index >= 15 is 0 Å². The monoisotopic (exact) mass is 258 g/mol. The van der Waals surface area contributed by atoms with Gasteiger partial charge in [-0.05, 0) is 24.3 Å². The fraction of sp³-hybridized carbons (Fsp3) is 0.182. The smallest absolute Gasteiger partial charge is 0.379 e. The summed E-state index contributed by atoms with van der Waals surface area (Å²) in [7, 11) is 0. The van der Waals surface area contributed by atoms with Crippen molar-refractivity contribution < 1.29 is 13.2 Å². The number of hydrogen-bond donors (Lipinski definition) is 1. The van der Waals surface area contributed by atoms with Gasteiger partial charge in [-0.3, -0.25) is 0 Å². The second-order valence-corrected chi connectivity index (χ2v) is 4.33. The Kier molecular flexibility index (Phi) is 3.33. The summed E-state index contributed by atoms with van der Waals surface area (Å²) >= 11 is 1.50. The Labute approximate surface area is 100 Å². The van der Waals surface area contributed by atoms with Gasteiger partial charge in [-0.15, -0.1) is 11.3 Å². The van der Waals surface area contributed by atoms with Crippen molar-refractivity contribution in [3.8, 4) is 0 Å². The van der Waals surface area contributed by atoms with Crippen LogP contribution in [0.5, 0.6) is 0 Å². The van der Waals surface area contributed by atoms with Gasteiger partial charge in [-0.25, -0.2) is 4.98 Å². The Morgan fingerprint density at radius 3 is 2.41 bits per heavy atom. The summed E-state index contributed by atoms with van der Waals surface area (Å²) in [5, 5.41) is 5.75. The third kappa shape index (κ3) is 3.20. The Morgan fingerprint density at radius 2 is 1.88 bits per heavy atom. The maximum Gasteiger partial charge on any atom is 0.416 e. The van der Waals surface area contributed by atoms with Crippen LogP contribution in [-0.2, 0) is 12.7 Å². The van der Waals surface area contributed by atoms with Crippen molar-refractivity contribution in [3.63, 3.8) is 0 Å². The van der Waals surface area contributed by atoms with Gasteiger partial charge in [0.25, 0.3) is 0 Å². The Hall–Kier alpha value is -1.56. The van der Waals surface area contributed by atoms with Crippen molar-refractivity contribution in [2.24, 2.45) is 0 Å². The molecule has 2 nitrogen and oxygen atoms in total. The normalized spacial score (nSPS) is 11.5. The summed E-state index contributed by atoms with van der Waals surface area (Å²) in [5.74, 6) is 0. The summed E-state index contributed by atoms with van der Waals surface area (Å²) in [6, 6.07) is 4.95. The number of benzene rings is 1. The number of hydrogen-bond acceptors (Lipinski definition) is 3. The highest BCUT2D eigenvalue weighted by Crippen LogP contribution is 2.29. The second-order valence-electron chi connectivity index (χ2n) is 3.35. The number of anilines is 1. The Balaban J connectivity index is 1.99. The van der Waals surface area contributed by atoms with Crippen LogP contribution in [-0.4, -0.2) is 4.98 Å². The van der Waals surface area contributed by atoms with Crippen LogP contribution in [0.2, 0.25) is 0 Å². The molecule has 0 saturated carbocycles. The van der Waals surface area contributed by atoms with Crippen LogP contribution < -0.4 is 5.32 Å². The van der Waals surface area contributed by atoms with Gasteiger partial charge in [0, 0.05) is 17.3 Å². The number of halogens is 3. The van der Waals surface area contributed by atoms with E-state index in [1.54, 1.807) is 6.20 Å². The molecule has 0 radical (unpaired) electrons. The molecule has 0 fully saturated rings. The predicted molar refractivity (Wildman–Crippen MR) is 60.9 cm³/mol. The molecule has 1 N–H and O–H groups in total. The second kappa shape index (κ2) is 4.75. The Morgan fingerprint density at radius 1 is 1.18 bits per heavy atom. The van der Waals surface area contributed by atoms with Crippen molar-refractivity contribution in [2.75, 3.05) is 5.32 Å².